The number of hydrogen-bond donors (Lipinski definition) is 1. The van der Waals surface area contributed by atoms with Crippen molar-refractivity contribution in [3.63, 3.8) is 0 Å². The van der Waals surface area contributed by atoms with Gasteiger partial charge in [0, 0.05) is 47.7 Å². The minimum atomic E-state index is -0.0776. The van der Waals surface area contributed by atoms with E-state index in [2.05, 4.69) is 33.5 Å². The Morgan fingerprint density at radius 1 is 0.885 bits per heavy atom. The minimum absolute atomic E-state index is 0.0776. The maximum atomic E-state index is 11.2. The maximum absolute atomic E-state index is 11.2. The van der Waals surface area contributed by atoms with Crippen LogP contribution >= 0.6 is 0 Å². The molecule has 0 saturated heterocycles. The molecular formula is C22H17N3O. The third kappa shape index (κ3) is 3.17. The van der Waals surface area contributed by atoms with Gasteiger partial charge in [0.2, 0.25) is 5.91 Å². The molecule has 0 aliphatic rings. The summed E-state index contributed by atoms with van der Waals surface area (Å²) in [4.78, 5) is 20.0. The number of carbonyl (C=O) groups excluding carboxylic acids is 1. The van der Waals surface area contributed by atoms with Gasteiger partial charge in [0.1, 0.15) is 0 Å². The third-order valence-electron chi connectivity index (χ3n) is 4.24. The lowest BCUT2D eigenvalue weighted by Crippen LogP contribution is -2.05. The van der Waals surface area contributed by atoms with Gasteiger partial charge in [0.15, 0.2) is 0 Å². The topological polar surface area (TPSA) is 54.9 Å². The third-order valence-corrected chi connectivity index (χ3v) is 4.24. The van der Waals surface area contributed by atoms with Gasteiger partial charge in [-0.2, -0.15) is 0 Å². The van der Waals surface area contributed by atoms with Gasteiger partial charge in [0.25, 0.3) is 0 Å². The number of anilines is 1. The summed E-state index contributed by atoms with van der Waals surface area (Å²) in [5.41, 5.74) is 5.99. The smallest absolute Gasteiger partial charge is 0.221 e. The summed E-state index contributed by atoms with van der Waals surface area (Å²) < 4.78 is 0. The molecule has 0 radical (unpaired) electrons. The number of nitrogens with zero attached hydrogens (tertiary/aromatic N) is 2. The molecule has 1 amide bonds. The Kier molecular flexibility index (Phi) is 4.15. The van der Waals surface area contributed by atoms with Crippen molar-refractivity contribution in [2.45, 2.75) is 6.92 Å². The fourth-order valence-electron chi connectivity index (χ4n) is 3.03. The first-order chi connectivity index (χ1) is 12.7. The Morgan fingerprint density at radius 2 is 1.73 bits per heavy atom. The normalized spacial score (nSPS) is 10.7. The monoisotopic (exact) mass is 339 g/mol. The highest BCUT2D eigenvalue weighted by Gasteiger charge is 2.07. The zero-order valence-electron chi connectivity index (χ0n) is 14.3. The molecule has 0 fully saturated rings. The molecule has 2 heterocycles. The van der Waals surface area contributed by atoms with Crippen LogP contribution in [0.4, 0.5) is 5.69 Å². The number of pyridine rings is 2. The molecule has 4 aromatic rings. The average molecular weight is 339 g/mol. The first-order valence-corrected chi connectivity index (χ1v) is 8.38. The van der Waals surface area contributed by atoms with Crippen molar-refractivity contribution < 1.29 is 4.79 Å². The summed E-state index contributed by atoms with van der Waals surface area (Å²) in [6.07, 6.45) is 5.52. The number of nitrogens with one attached hydrogen (secondary N) is 1. The molecule has 26 heavy (non-hydrogen) atoms. The van der Waals surface area contributed by atoms with Crippen LogP contribution in [0.3, 0.4) is 0 Å². The van der Waals surface area contributed by atoms with Gasteiger partial charge in [-0.3, -0.25) is 14.8 Å². The highest BCUT2D eigenvalue weighted by atomic mass is 16.1. The highest BCUT2D eigenvalue weighted by molar-refractivity contribution is 5.96. The Balaban J connectivity index is 1.79. The fourth-order valence-corrected chi connectivity index (χ4v) is 3.03. The van der Waals surface area contributed by atoms with E-state index in [1.165, 1.54) is 6.92 Å². The summed E-state index contributed by atoms with van der Waals surface area (Å²) >= 11 is 0. The van der Waals surface area contributed by atoms with E-state index >= 15 is 0 Å². The number of benzene rings is 2. The molecule has 2 aromatic carbocycles. The van der Waals surface area contributed by atoms with E-state index < -0.39 is 0 Å². The first-order valence-electron chi connectivity index (χ1n) is 8.38. The van der Waals surface area contributed by atoms with E-state index in [0.717, 1.165) is 38.8 Å². The van der Waals surface area contributed by atoms with Crippen molar-refractivity contribution in [1.29, 1.82) is 0 Å². The molecule has 0 atom stereocenters. The second-order valence-corrected chi connectivity index (χ2v) is 6.10. The number of rotatable bonds is 3. The summed E-state index contributed by atoms with van der Waals surface area (Å²) in [6, 6.07) is 20.0. The Morgan fingerprint density at radius 3 is 2.46 bits per heavy atom. The average Bonchev–Trinajstić information content (AvgIpc) is 2.68. The van der Waals surface area contributed by atoms with Crippen LogP contribution in [-0.2, 0) is 4.79 Å². The van der Waals surface area contributed by atoms with Crippen LogP contribution in [0.25, 0.3) is 33.2 Å². The largest absolute Gasteiger partial charge is 0.326 e. The van der Waals surface area contributed by atoms with E-state index in [-0.39, 0.29) is 5.91 Å². The van der Waals surface area contributed by atoms with Crippen molar-refractivity contribution in [3.05, 3.63) is 79.3 Å². The van der Waals surface area contributed by atoms with Crippen LogP contribution in [0.5, 0.6) is 0 Å². The molecule has 0 aliphatic heterocycles. The summed E-state index contributed by atoms with van der Waals surface area (Å²) in [5, 5.41) is 3.87. The van der Waals surface area contributed by atoms with Crippen LogP contribution in [0, 0.1) is 0 Å². The Hall–Kier alpha value is -3.53. The highest BCUT2D eigenvalue weighted by Crippen LogP contribution is 2.31. The Bertz CT molecular complexity index is 1070. The second kappa shape index (κ2) is 6.76. The van der Waals surface area contributed by atoms with Crippen molar-refractivity contribution in [2.24, 2.45) is 0 Å². The van der Waals surface area contributed by atoms with Gasteiger partial charge in [0.05, 0.1) is 5.52 Å². The zero-order valence-corrected chi connectivity index (χ0v) is 14.3. The Labute approximate surface area is 151 Å². The van der Waals surface area contributed by atoms with Crippen LogP contribution in [-0.4, -0.2) is 15.9 Å². The number of fused-ring (bicyclic) bond motifs is 1. The first kappa shape index (κ1) is 16.0. The van der Waals surface area contributed by atoms with Crippen molar-refractivity contribution in [1.82, 2.24) is 9.97 Å². The molecule has 1 N–H and O–H groups in total. The quantitative estimate of drug-likeness (QED) is 0.576. The molecule has 4 heteroatoms. The molecular weight excluding hydrogens is 322 g/mol. The van der Waals surface area contributed by atoms with Crippen molar-refractivity contribution in [3.8, 4) is 22.3 Å². The van der Waals surface area contributed by atoms with Crippen molar-refractivity contribution in [2.75, 3.05) is 5.32 Å². The number of amides is 1. The number of aromatic nitrogens is 2. The molecule has 0 saturated carbocycles. The molecule has 126 valence electrons. The SMILES string of the molecule is CC(=O)Nc1ccc(-c2cnc3cccc(-c4cccnc4)c3c2)cc1. The molecule has 4 rings (SSSR count). The van der Waals surface area contributed by atoms with Gasteiger partial charge in [-0.05, 0) is 41.5 Å². The van der Waals surface area contributed by atoms with Gasteiger partial charge in [-0.25, -0.2) is 0 Å². The van der Waals surface area contributed by atoms with Crippen LogP contribution in [0.15, 0.2) is 79.3 Å². The second-order valence-electron chi connectivity index (χ2n) is 6.10. The lowest BCUT2D eigenvalue weighted by molar-refractivity contribution is -0.114. The van der Waals surface area contributed by atoms with E-state index in [9.17, 15) is 4.79 Å². The molecule has 0 aliphatic carbocycles. The molecule has 0 unspecified atom stereocenters. The number of hydrogen-bond acceptors (Lipinski definition) is 3. The van der Waals surface area contributed by atoms with E-state index in [1.54, 1.807) is 6.20 Å². The summed E-state index contributed by atoms with van der Waals surface area (Å²) in [5.74, 6) is -0.0776. The maximum Gasteiger partial charge on any atom is 0.221 e. The molecule has 0 spiro atoms. The van der Waals surface area contributed by atoms with Crippen LogP contribution in [0.1, 0.15) is 6.92 Å². The molecule has 0 bridgehead atoms. The summed E-state index contributed by atoms with van der Waals surface area (Å²) in [6.45, 7) is 1.50. The lowest BCUT2D eigenvalue weighted by atomic mass is 9.99. The zero-order chi connectivity index (χ0) is 17.9. The van der Waals surface area contributed by atoms with E-state index in [4.69, 9.17) is 0 Å². The summed E-state index contributed by atoms with van der Waals surface area (Å²) in [7, 11) is 0. The van der Waals surface area contributed by atoms with Gasteiger partial charge in [-0.15, -0.1) is 0 Å². The number of carbonyl (C=O) groups is 1. The minimum Gasteiger partial charge on any atom is -0.326 e. The van der Waals surface area contributed by atoms with Crippen molar-refractivity contribution >= 4 is 22.5 Å². The van der Waals surface area contributed by atoms with Gasteiger partial charge in [-0.1, -0.05) is 30.3 Å². The molecule has 4 nitrogen and oxygen atoms in total. The standard InChI is InChI=1S/C22H17N3O/c1-15(26)25-19-9-7-16(8-10-19)18-12-21-20(17-4-3-11-23-13-17)5-2-6-22(21)24-14-18/h2-14H,1H3,(H,25,26). The predicted molar refractivity (Wildman–Crippen MR) is 105 cm³/mol. The van der Waals surface area contributed by atoms with Crippen LogP contribution in [0.2, 0.25) is 0 Å². The van der Waals surface area contributed by atoms with Gasteiger partial charge < -0.3 is 5.32 Å². The van der Waals surface area contributed by atoms with Gasteiger partial charge >= 0.3 is 0 Å². The predicted octanol–water partition coefficient (Wildman–Crippen LogP) is 4.92. The van der Waals surface area contributed by atoms with E-state index in [0.29, 0.717) is 0 Å². The van der Waals surface area contributed by atoms with E-state index in [1.807, 2.05) is 54.9 Å². The van der Waals surface area contributed by atoms with Crippen LogP contribution < -0.4 is 5.32 Å². The lowest BCUT2D eigenvalue weighted by Gasteiger charge is -2.09. The molecule has 2 aromatic heterocycles. The fraction of sp³-hybridized carbons (Fsp3) is 0.0455.